The molecule has 0 spiro atoms. The van der Waals surface area contributed by atoms with Crippen LogP contribution in [0.25, 0.3) is 17.0 Å². The van der Waals surface area contributed by atoms with E-state index in [4.69, 9.17) is 4.74 Å². The van der Waals surface area contributed by atoms with Gasteiger partial charge in [-0.1, -0.05) is 44.7 Å². The summed E-state index contributed by atoms with van der Waals surface area (Å²) in [4.78, 5) is 3.81. The van der Waals surface area contributed by atoms with Gasteiger partial charge in [-0.25, -0.2) is 0 Å². The Morgan fingerprint density at radius 1 is 1.22 bits per heavy atom. The standard InChI is InChI=1S/C32H41NO4/c1-18(2)27-24(34)17-22-25(37-27)12-14-30(5)31(6)20(11-15-32(22,30)36)16-21-26-19(10-13-29(3,4)35)8-7-9-23(26)33-28(21)31/h7-10,13,17,20,24-25,27,33-36H,1,11-12,14-16H2,2-6H3/t20-,24?,25?,27+,30+,31+,32+/m0/s1. The molecule has 2 unspecified atom stereocenters. The van der Waals surface area contributed by atoms with Gasteiger partial charge in [0, 0.05) is 27.4 Å². The first kappa shape index (κ1) is 25.1. The quantitative estimate of drug-likeness (QED) is 0.426. The third-order valence-electron chi connectivity index (χ3n) is 10.5. The summed E-state index contributed by atoms with van der Waals surface area (Å²) in [6.45, 7) is 14.1. The van der Waals surface area contributed by atoms with Crippen molar-refractivity contribution < 1.29 is 20.1 Å². The monoisotopic (exact) mass is 503 g/mol. The molecule has 2 aromatic rings. The lowest BCUT2D eigenvalue weighted by Crippen LogP contribution is -2.67. The second kappa shape index (κ2) is 7.92. The van der Waals surface area contributed by atoms with Crippen molar-refractivity contribution in [2.75, 3.05) is 0 Å². The van der Waals surface area contributed by atoms with Crippen LogP contribution >= 0.6 is 0 Å². The van der Waals surface area contributed by atoms with Gasteiger partial charge < -0.3 is 25.0 Å². The molecular formula is C32H41NO4. The van der Waals surface area contributed by atoms with E-state index < -0.39 is 28.8 Å². The summed E-state index contributed by atoms with van der Waals surface area (Å²) in [6, 6.07) is 6.31. The van der Waals surface area contributed by atoms with Gasteiger partial charge >= 0.3 is 0 Å². The molecule has 7 atom stereocenters. The predicted molar refractivity (Wildman–Crippen MR) is 147 cm³/mol. The van der Waals surface area contributed by atoms with E-state index in [0.29, 0.717) is 12.3 Å². The molecule has 2 saturated carbocycles. The third-order valence-corrected chi connectivity index (χ3v) is 10.5. The number of aliphatic hydroxyl groups excluding tert-OH is 1. The summed E-state index contributed by atoms with van der Waals surface area (Å²) < 4.78 is 6.34. The highest BCUT2D eigenvalue weighted by molar-refractivity contribution is 5.94. The number of hydrogen-bond acceptors (Lipinski definition) is 4. The van der Waals surface area contributed by atoms with E-state index in [2.05, 4.69) is 43.6 Å². The maximum absolute atomic E-state index is 12.6. The lowest BCUT2D eigenvalue weighted by atomic mass is 9.42. The Labute approximate surface area is 219 Å². The summed E-state index contributed by atoms with van der Waals surface area (Å²) in [5, 5.41) is 35.0. The highest BCUT2D eigenvalue weighted by Crippen LogP contribution is 2.69. The Hall–Kier alpha value is -2.18. The topological polar surface area (TPSA) is 85.7 Å². The van der Waals surface area contributed by atoms with E-state index in [1.54, 1.807) is 13.8 Å². The van der Waals surface area contributed by atoms with Crippen LogP contribution in [0.4, 0.5) is 0 Å². The maximum atomic E-state index is 12.6. The van der Waals surface area contributed by atoms with Crippen LogP contribution in [0.15, 0.2) is 48.1 Å². The molecule has 4 N–H and O–H groups in total. The Morgan fingerprint density at radius 2 is 1.97 bits per heavy atom. The van der Waals surface area contributed by atoms with E-state index in [1.165, 1.54) is 16.6 Å². The zero-order valence-corrected chi connectivity index (χ0v) is 22.8. The number of aromatic nitrogens is 1. The number of ether oxygens (including phenoxy) is 1. The fraction of sp³-hybridized carbons (Fsp3) is 0.562. The molecule has 37 heavy (non-hydrogen) atoms. The van der Waals surface area contributed by atoms with Crippen molar-refractivity contribution in [3.63, 3.8) is 0 Å². The van der Waals surface area contributed by atoms with E-state index in [0.717, 1.165) is 47.9 Å². The molecule has 5 heteroatoms. The first-order valence-corrected chi connectivity index (χ1v) is 13.8. The minimum atomic E-state index is -1.05. The molecule has 0 bridgehead atoms. The van der Waals surface area contributed by atoms with E-state index in [-0.39, 0.29) is 11.5 Å². The normalized spacial score (nSPS) is 39.2. The first-order chi connectivity index (χ1) is 17.3. The highest BCUT2D eigenvalue weighted by Gasteiger charge is 2.69. The number of H-pyrrole nitrogens is 1. The van der Waals surface area contributed by atoms with Crippen LogP contribution in [0.1, 0.15) is 77.1 Å². The largest absolute Gasteiger partial charge is 0.386 e. The zero-order valence-electron chi connectivity index (χ0n) is 22.8. The van der Waals surface area contributed by atoms with Gasteiger partial charge in [-0.3, -0.25) is 0 Å². The lowest BCUT2D eigenvalue weighted by Gasteiger charge is -2.65. The number of benzene rings is 1. The molecule has 1 aromatic carbocycles. The Bertz CT molecular complexity index is 1340. The summed E-state index contributed by atoms with van der Waals surface area (Å²) in [5.74, 6) is 0.421. The van der Waals surface area contributed by atoms with Crippen molar-refractivity contribution in [2.24, 2.45) is 11.3 Å². The van der Waals surface area contributed by atoms with Crippen molar-refractivity contribution in [1.82, 2.24) is 4.98 Å². The molecule has 0 saturated heterocycles. The molecular weight excluding hydrogens is 462 g/mol. The number of aromatic amines is 1. The Balaban J connectivity index is 1.49. The number of hydrogen-bond donors (Lipinski definition) is 4. The van der Waals surface area contributed by atoms with Gasteiger partial charge in [0.05, 0.1) is 17.3 Å². The van der Waals surface area contributed by atoms with Crippen LogP contribution in [0, 0.1) is 11.3 Å². The van der Waals surface area contributed by atoms with Crippen molar-refractivity contribution >= 4 is 17.0 Å². The first-order valence-electron chi connectivity index (χ1n) is 13.8. The van der Waals surface area contributed by atoms with Gasteiger partial charge in [-0.05, 0) is 93.2 Å². The molecule has 1 aromatic heterocycles. The minimum absolute atomic E-state index is 0.189. The fourth-order valence-electron chi connectivity index (χ4n) is 8.38. The van der Waals surface area contributed by atoms with E-state index in [9.17, 15) is 15.3 Å². The van der Waals surface area contributed by atoms with Gasteiger partial charge in [0.15, 0.2) is 0 Å². The van der Waals surface area contributed by atoms with Gasteiger partial charge in [0.25, 0.3) is 0 Å². The molecule has 0 radical (unpaired) electrons. The molecule has 2 fully saturated rings. The van der Waals surface area contributed by atoms with Crippen LogP contribution in [-0.4, -0.2) is 49.8 Å². The van der Waals surface area contributed by atoms with Crippen LogP contribution in [0.2, 0.25) is 0 Å². The maximum Gasteiger partial charge on any atom is 0.108 e. The van der Waals surface area contributed by atoms with Crippen molar-refractivity contribution in [2.45, 2.75) is 102 Å². The predicted octanol–water partition coefficient (Wildman–Crippen LogP) is 5.34. The zero-order chi connectivity index (χ0) is 26.5. The second-order valence-electron chi connectivity index (χ2n) is 13.1. The molecule has 6 rings (SSSR count). The molecule has 3 aliphatic carbocycles. The van der Waals surface area contributed by atoms with Crippen LogP contribution in [-0.2, 0) is 16.6 Å². The highest BCUT2D eigenvalue weighted by atomic mass is 16.5. The van der Waals surface area contributed by atoms with Crippen molar-refractivity contribution in [3.05, 3.63) is 64.9 Å². The number of nitrogens with one attached hydrogen (secondary N) is 1. The number of aliphatic hydroxyl groups is 3. The summed E-state index contributed by atoms with van der Waals surface area (Å²) in [6.07, 6.45) is 8.60. The van der Waals surface area contributed by atoms with Crippen LogP contribution < -0.4 is 0 Å². The number of rotatable bonds is 3. The SMILES string of the molecule is C=C(C)[C@H]1OC2CC[C@@]3(C)[C@@](O)(CC[C@H]4Cc5c([nH]c6cccc(C=CC(C)(C)O)c56)[C@@]43C)C2=CC1O. The van der Waals surface area contributed by atoms with Gasteiger partial charge in [-0.15, -0.1) is 0 Å². The molecule has 2 heterocycles. The Morgan fingerprint density at radius 3 is 2.68 bits per heavy atom. The average molecular weight is 504 g/mol. The third kappa shape index (κ3) is 3.30. The van der Waals surface area contributed by atoms with E-state index >= 15 is 0 Å². The molecule has 4 aliphatic rings. The minimum Gasteiger partial charge on any atom is -0.386 e. The smallest absolute Gasteiger partial charge is 0.108 e. The van der Waals surface area contributed by atoms with Crippen molar-refractivity contribution in [1.29, 1.82) is 0 Å². The van der Waals surface area contributed by atoms with E-state index in [1.807, 2.05) is 25.2 Å². The second-order valence-corrected chi connectivity index (χ2v) is 13.1. The summed E-state index contributed by atoms with van der Waals surface area (Å²) in [5.41, 5.74) is 3.88. The van der Waals surface area contributed by atoms with Gasteiger partial charge in [0.2, 0.25) is 0 Å². The Kier molecular flexibility index (Phi) is 5.38. The van der Waals surface area contributed by atoms with Crippen LogP contribution in [0.5, 0.6) is 0 Å². The summed E-state index contributed by atoms with van der Waals surface area (Å²) in [7, 11) is 0. The van der Waals surface area contributed by atoms with Gasteiger partial charge in [0.1, 0.15) is 12.2 Å². The summed E-state index contributed by atoms with van der Waals surface area (Å²) >= 11 is 0. The molecule has 1 aliphatic heterocycles. The van der Waals surface area contributed by atoms with Crippen molar-refractivity contribution in [3.8, 4) is 0 Å². The lowest BCUT2D eigenvalue weighted by molar-refractivity contribution is -0.185. The fourth-order valence-corrected chi connectivity index (χ4v) is 8.38. The average Bonchev–Trinajstić information content (AvgIpc) is 3.33. The molecule has 0 amide bonds. The van der Waals surface area contributed by atoms with Gasteiger partial charge in [-0.2, -0.15) is 0 Å². The molecule has 198 valence electrons. The number of fused-ring (bicyclic) bond motifs is 9. The molecule has 5 nitrogen and oxygen atoms in total. The van der Waals surface area contributed by atoms with Crippen LogP contribution in [0.3, 0.4) is 0 Å².